The van der Waals surface area contributed by atoms with Crippen LogP contribution in [0.3, 0.4) is 0 Å². The highest BCUT2D eigenvalue weighted by atomic mass is 32.2. The average molecular weight is 398 g/mol. The van der Waals surface area contributed by atoms with E-state index in [1.807, 2.05) is 24.3 Å². The maximum Gasteiger partial charge on any atom is 0.258 e. The number of fused-ring (bicyclic) bond motifs is 1. The summed E-state index contributed by atoms with van der Waals surface area (Å²) in [6.07, 6.45) is 9.18. The van der Waals surface area contributed by atoms with Crippen molar-refractivity contribution in [3.05, 3.63) is 58.4 Å². The third-order valence-corrected chi connectivity index (χ3v) is 5.95. The van der Waals surface area contributed by atoms with Gasteiger partial charge in [-0.2, -0.15) is 0 Å². The van der Waals surface area contributed by atoms with Crippen LogP contribution in [-0.2, 0) is 29.1 Å². The van der Waals surface area contributed by atoms with Crippen molar-refractivity contribution in [3.63, 3.8) is 0 Å². The lowest BCUT2D eigenvalue weighted by atomic mass is 9.99. The maximum atomic E-state index is 12.5. The van der Waals surface area contributed by atoms with Gasteiger partial charge in [0.2, 0.25) is 0 Å². The van der Waals surface area contributed by atoms with Gasteiger partial charge in [-0.1, -0.05) is 31.0 Å². The lowest BCUT2D eigenvalue weighted by molar-refractivity contribution is 0.599. The van der Waals surface area contributed by atoms with E-state index in [0.29, 0.717) is 5.39 Å². The number of pyridine rings is 1. The first-order chi connectivity index (χ1) is 13.3. The van der Waals surface area contributed by atoms with E-state index in [-0.39, 0.29) is 17.1 Å². The Morgan fingerprint density at radius 2 is 1.89 bits per heavy atom. The molecule has 0 atom stereocenters. The Kier molecular flexibility index (Phi) is 4.79. The topological polar surface area (TPSA) is 81.9 Å². The molecule has 6 nitrogen and oxygen atoms in total. The van der Waals surface area contributed by atoms with Gasteiger partial charge in [0.05, 0.1) is 5.69 Å². The molecule has 1 fully saturated rings. The van der Waals surface area contributed by atoms with E-state index in [9.17, 15) is 13.2 Å². The number of aryl methyl sites for hydroxylation is 2. The van der Waals surface area contributed by atoms with Crippen LogP contribution in [0.5, 0.6) is 0 Å². The Balaban J connectivity index is 1.91. The van der Waals surface area contributed by atoms with Gasteiger partial charge in [-0.05, 0) is 35.8 Å². The van der Waals surface area contributed by atoms with Crippen molar-refractivity contribution in [2.24, 2.45) is 13.0 Å². The summed E-state index contributed by atoms with van der Waals surface area (Å²) in [5.41, 5.74) is 2.49. The Bertz CT molecular complexity index is 1210. The second kappa shape index (κ2) is 7.13. The highest BCUT2D eigenvalue weighted by Crippen LogP contribution is 2.35. The van der Waals surface area contributed by atoms with Crippen molar-refractivity contribution in [1.82, 2.24) is 14.5 Å². The van der Waals surface area contributed by atoms with Crippen LogP contribution in [0, 0.1) is 5.92 Å². The van der Waals surface area contributed by atoms with Crippen LogP contribution < -0.4 is 5.56 Å². The number of rotatable bonds is 6. The summed E-state index contributed by atoms with van der Waals surface area (Å²) in [6.45, 7) is 0. The Morgan fingerprint density at radius 1 is 1.18 bits per heavy atom. The molecule has 1 saturated carbocycles. The van der Waals surface area contributed by atoms with Crippen molar-refractivity contribution in [2.75, 3.05) is 6.26 Å². The Morgan fingerprint density at radius 3 is 2.57 bits per heavy atom. The lowest BCUT2D eigenvalue weighted by Crippen LogP contribution is -2.17. The van der Waals surface area contributed by atoms with E-state index in [1.165, 1.54) is 19.1 Å². The van der Waals surface area contributed by atoms with E-state index in [4.69, 9.17) is 0 Å². The molecule has 1 aliphatic carbocycles. The van der Waals surface area contributed by atoms with Crippen LogP contribution in [-0.4, -0.2) is 29.2 Å². The number of sulfone groups is 1. The van der Waals surface area contributed by atoms with Crippen molar-refractivity contribution >= 4 is 20.6 Å². The molecule has 0 bridgehead atoms. The smallest absolute Gasteiger partial charge is 0.258 e. The van der Waals surface area contributed by atoms with Gasteiger partial charge in [0.25, 0.3) is 5.56 Å². The van der Waals surface area contributed by atoms with Gasteiger partial charge in [-0.3, -0.25) is 4.79 Å². The molecular weight excluding hydrogens is 374 g/mol. The monoisotopic (exact) mass is 397 g/mol. The van der Waals surface area contributed by atoms with Gasteiger partial charge in [-0.15, -0.1) is 0 Å². The second-order valence-corrected chi connectivity index (χ2v) is 9.86. The maximum absolute atomic E-state index is 12.5. The molecule has 2 aromatic heterocycles. The Hall–Kier alpha value is -2.54. The van der Waals surface area contributed by atoms with E-state index in [1.54, 1.807) is 24.0 Å². The van der Waals surface area contributed by atoms with Crippen molar-refractivity contribution in [1.29, 1.82) is 0 Å². The fraction of sp³-hybridized carbons (Fsp3) is 0.381. The molecule has 0 radical (unpaired) electrons. The second-order valence-electron chi connectivity index (χ2n) is 7.72. The zero-order valence-electron chi connectivity index (χ0n) is 16.1. The molecular formula is C21H23N3O3S. The van der Waals surface area contributed by atoms with Crippen LogP contribution >= 0.6 is 0 Å². The quantitative estimate of drug-likeness (QED) is 0.639. The van der Waals surface area contributed by atoms with Gasteiger partial charge >= 0.3 is 0 Å². The molecule has 0 N–H and O–H groups in total. The zero-order chi connectivity index (χ0) is 19.9. The summed E-state index contributed by atoms with van der Waals surface area (Å²) in [6, 6.07) is 7.46. The Labute approximate surface area is 164 Å². The summed E-state index contributed by atoms with van der Waals surface area (Å²) in [7, 11) is -1.52. The molecule has 0 unspecified atom stereocenters. The number of nitrogens with zero attached hydrogens (tertiary/aromatic N) is 3. The van der Waals surface area contributed by atoms with Crippen LogP contribution in [0.25, 0.3) is 22.0 Å². The van der Waals surface area contributed by atoms with E-state index >= 15 is 0 Å². The summed E-state index contributed by atoms with van der Waals surface area (Å²) < 4.78 is 25.0. The fourth-order valence-corrected chi connectivity index (χ4v) is 4.14. The van der Waals surface area contributed by atoms with Crippen LogP contribution in [0.15, 0.2) is 41.5 Å². The average Bonchev–Trinajstić information content (AvgIpc) is 3.47. The van der Waals surface area contributed by atoms with Crippen molar-refractivity contribution in [3.8, 4) is 11.3 Å². The molecule has 2 heterocycles. The van der Waals surface area contributed by atoms with Crippen LogP contribution in [0.4, 0.5) is 0 Å². The van der Waals surface area contributed by atoms with Crippen LogP contribution in [0.1, 0.15) is 30.7 Å². The van der Waals surface area contributed by atoms with E-state index in [0.717, 1.165) is 41.0 Å². The van der Waals surface area contributed by atoms with Gasteiger partial charge in [0, 0.05) is 36.6 Å². The molecule has 1 aromatic carbocycles. The molecule has 3 aromatic rings. The van der Waals surface area contributed by atoms with Crippen LogP contribution in [0.2, 0.25) is 0 Å². The minimum atomic E-state index is -3.24. The zero-order valence-corrected chi connectivity index (χ0v) is 16.9. The molecule has 0 saturated heterocycles. The summed E-state index contributed by atoms with van der Waals surface area (Å²) in [5, 5.41) is 1.45. The first-order valence-corrected chi connectivity index (χ1v) is 11.5. The fourth-order valence-electron chi connectivity index (χ4n) is 3.53. The molecule has 0 aliphatic heterocycles. The summed E-state index contributed by atoms with van der Waals surface area (Å²) in [4.78, 5) is 21.5. The highest BCUT2D eigenvalue weighted by molar-refractivity contribution is 7.89. The standard InChI is InChI=1S/C21H23N3O3S/c1-24-12-18(16-5-3-4-6-17(16)21(24)25)20-15(10-9-14-7-8-14)11-22-19(23-20)13-28(2,26)27/h3-6,11-12,14H,7-10,13H2,1-2H3. The predicted molar refractivity (Wildman–Crippen MR) is 110 cm³/mol. The molecule has 4 rings (SSSR count). The normalized spacial score (nSPS) is 14.5. The summed E-state index contributed by atoms with van der Waals surface area (Å²) >= 11 is 0. The van der Waals surface area contributed by atoms with Gasteiger partial charge in [0.1, 0.15) is 11.6 Å². The van der Waals surface area contributed by atoms with Crippen molar-refractivity contribution < 1.29 is 8.42 Å². The molecule has 0 spiro atoms. The molecule has 1 aliphatic rings. The minimum absolute atomic E-state index is 0.0655. The minimum Gasteiger partial charge on any atom is -0.317 e. The number of hydrogen-bond acceptors (Lipinski definition) is 5. The first kappa shape index (κ1) is 18.8. The molecule has 28 heavy (non-hydrogen) atoms. The molecule has 0 amide bonds. The number of aromatic nitrogens is 3. The highest BCUT2D eigenvalue weighted by Gasteiger charge is 2.23. The predicted octanol–water partition coefficient (Wildman–Crippen LogP) is 2.88. The first-order valence-electron chi connectivity index (χ1n) is 9.43. The lowest BCUT2D eigenvalue weighted by Gasteiger charge is -2.14. The SMILES string of the molecule is Cn1cc(-c2nc(CS(C)(=O)=O)ncc2CCC2CC2)c2ccccc2c1=O. The summed E-state index contributed by atoms with van der Waals surface area (Å²) in [5.74, 6) is 0.845. The van der Waals surface area contributed by atoms with Gasteiger partial charge < -0.3 is 4.57 Å². The van der Waals surface area contributed by atoms with E-state index in [2.05, 4.69) is 9.97 Å². The van der Waals surface area contributed by atoms with E-state index < -0.39 is 9.84 Å². The largest absolute Gasteiger partial charge is 0.317 e. The number of hydrogen-bond donors (Lipinski definition) is 0. The van der Waals surface area contributed by atoms with Crippen molar-refractivity contribution in [2.45, 2.75) is 31.4 Å². The third kappa shape index (κ3) is 3.99. The van der Waals surface area contributed by atoms with Gasteiger partial charge in [0.15, 0.2) is 9.84 Å². The number of benzene rings is 1. The third-order valence-electron chi connectivity index (χ3n) is 5.17. The molecule has 7 heteroatoms. The molecule has 146 valence electrons. The van der Waals surface area contributed by atoms with Gasteiger partial charge in [-0.25, -0.2) is 18.4 Å².